The van der Waals surface area contributed by atoms with E-state index >= 15 is 0 Å². The molecule has 0 saturated heterocycles. The van der Waals surface area contributed by atoms with Crippen molar-refractivity contribution in [1.82, 2.24) is 9.55 Å². The molecule has 6 heteroatoms. The molecule has 1 aliphatic rings. The zero-order valence-corrected chi connectivity index (χ0v) is 19.2. The summed E-state index contributed by atoms with van der Waals surface area (Å²) in [4.78, 5) is 18.2. The van der Waals surface area contributed by atoms with Crippen LogP contribution >= 0.6 is 15.9 Å². The third kappa shape index (κ3) is 4.36. The molecule has 160 valence electrons. The number of nitrogens with zero attached hydrogens (tertiary/aromatic N) is 2. The molecule has 0 N–H and O–H groups in total. The van der Waals surface area contributed by atoms with Crippen LogP contribution in [0.5, 0.6) is 0 Å². The SMILES string of the molecule is CCOC1C=C(OC)C=CC1(Br)CCc1nc2ccccc2c(=O)n1-c1ccccc1. The van der Waals surface area contributed by atoms with E-state index in [0.29, 0.717) is 30.4 Å². The van der Waals surface area contributed by atoms with Crippen molar-refractivity contribution in [2.45, 2.75) is 30.2 Å². The minimum absolute atomic E-state index is 0.0578. The molecule has 0 saturated carbocycles. The molecule has 0 radical (unpaired) electrons. The number of hydrogen-bond acceptors (Lipinski definition) is 4. The van der Waals surface area contributed by atoms with E-state index in [2.05, 4.69) is 22.0 Å². The minimum Gasteiger partial charge on any atom is -0.497 e. The number of para-hydroxylation sites is 2. The second-order valence-electron chi connectivity index (χ2n) is 7.43. The van der Waals surface area contributed by atoms with Crippen LogP contribution in [0.25, 0.3) is 16.6 Å². The lowest BCUT2D eigenvalue weighted by molar-refractivity contribution is 0.0732. The van der Waals surface area contributed by atoms with E-state index in [4.69, 9.17) is 14.5 Å². The van der Waals surface area contributed by atoms with Crippen molar-refractivity contribution < 1.29 is 9.47 Å². The van der Waals surface area contributed by atoms with Crippen LogP contribution in [0, 0.1) is 0 Å². The summed E-state index contributed by atoms with van der Waals surface area (Å²) in [5.41, 5.74) is 1.46. The number of ether oxygens (including phenoxy) is 2. The van der Waals surface area contributed by atoms with E-state index in [1.165, 1.54) is 0 Å². The first-order valence-electron chi connectivity index (χ1n) is 10.4. The van der Waals surface area contributed by atoms with Gasteiger partial charge in [0.05, 0.1) is 34.1 Å². The predicted octanol–water partition coefficient (Wildman–Crippen LogP) is 4.96. The Morgan fingerprint density at radius 3 is 2.61 bits per heavy atom. The van der Waals surface area contributed by atoms with Crippen molar-refractivity contribution in [3.8, 4) is 5.69 Å². The average molecular weight is 481 g/mol. The summed E-state index contributed by atoms with van der Waals surface area (Å²) in [6.45, 7) is 2.56. The number of allylic oxidation sites excluding steroid dienone is 1. The first kappa shape index (κ1) is 21.5. The molecule has 5 nitrogen and oxygen atoms in total. The van der Waals surface area contributed by atoms with Gasteiger partial charge in [0.2, 0.25) is 0 Å². The molecule has 3 aromatic rings. The van der Waals surface area contributed by atoms with Crippen LogP contribution in [-0.4, -0.2) is 33.7 Å². The summed E-state index contributed by atoms with van der Waals surface area (Å²) < 4.78 is 12.7. The Labute approximate surface area is 190 Å². The van der Waals surface area contributed by atoms with Crippen molar-refractivity contribution in [3.05, 3.63) is 94.8 Å². The Morgan fingerprint density at radius 1 is 1.13 bits per heavy atom. The zero-order chi connectivity index (χ0) is 21.8. The molecule has 0 amide bonds. The quantitative estimate of drug-likeness (QED) is 0.448. The van der Waals surface area contributed by atoms with Crippen LogP contribution in [0.3, 0.4) is 0 Å². The van der Waals surface area contributed by atoms with Gasteiger partial charge < -0.3 is 9.47 Å². The number of hydrogen-bond donors (Lipinski definition) is 0. The van der Waals surface area contributed by atoms with E-state index in [1.807, 2.05) is 73.7 Å². The summed E-state index contributed by atoms with van der Waals surface area (Å²) in [5.74, 6) is 1.50. The number of halogens is 1. The predicted molar refractivity (Wildman–Crippen MR) is 127 cm³/mol. The Hall–Kier alpha value is -2.70. The third-order valence-corrected chi connectivity index (χ3v) is 6.60. The molecular weight excluding hydrogens is 456 g/mol. The molecule has 0 bridgehead atoms. The summed E-state index contributed by atoms with van der Waals surface area (Å²) in [6.07, 6.45) is 7.09. The fourth-order valence-corrected chi connectivity index (χ4v) is 4.47. The van der Waals surface area contributed by atoms with Gasteiger partial charge in [0.1, 0.15) is 11.6 Å². The molecular formula is C25H25BrN2O3. The van der Waals surface area contributed by atoms with Gasteiger partial charge in [-0.15, -0.1) is 0 Å². The monoisotopic (exact) mass is 480 g/mol. The first-order chi connectivity index (χ1) is 15.1. The lowest BCUT2D eigenvalue weighted by atomic mass is 9.91. The molecule has 0 fully saturated rings. The van der Waals surface area contributed by atoms with Gasteiger partial charge in [-0.1, -0.05) is 52.3 Å². The number of rotatable bonds is 7. The third-order valence-electron chi connectivity index (χ3n) is 5.49. The normalized spacial score (nSPS) is 20.6. The van der Waals surface area contributed by atoms with Crippen molar-refractivity contribution in [3.63, 3.8) is 0 Å². The first-order valence-corrected chi connectivity index (χ1v) is 11.2. The highest BCUT2D eigenvalue weighted by atomic mass is 79.9. The summed E-state index contributed by atoms with van der Waals surface area (Å²) >= 11 is 3.90. The van der Waals surface area contributed by atoms with Gasteiger partial charge in [0.25, 0.3) is 5.56 Å². The van der Waals surface area contributed by atoms with Gasteiger partial charge in [-0.05, 0) is 49.8 Å². The Balaban J connectivity index is 1.74. The van der Waals surface area contributed by atoms with Crippen molar-refractivity contribution >= 4 is 26.8 Å². The molecule has 1 aromatic heterocycles. The summed E-state index contributed by atoms with van der Waals surface area (Å²) in [6, 6.07) is 17.1. The van der Waals surface area contributed by atoms with E-state index in [1.54, 1.807) is 11.7 Å². The standard InChI is InChI=1S/C25H25BrN2O3/c1-3-31-22-17-19(30-2)13-15-25(22,26)16-14-23-27-21-12-8-7-11-20(21)24(29)28(23)18-9-5-4-6-10-18/h4-13,15,17,22H,3,14,16H2,1-2H3. The lowest BCUT2D eigenvalue weighted by Crippen LogP contribution is -2.38. The smallest absolute Gasteiger partial charge is 0.265 e. The Morgan fingerprint density at radius 2 is 1.87 bits per heavy atom. The largest absolute Gasteiger partial charge is 0.497 e. The van der Waals surface area contributed by atoms with Gasteiger partial charge in [0.15, 0.2) is 0 Å². The van der Waals surface area contributed by atoms with E-state index in [9.17, 15) is 4.79 Å². The lowest BCUT2D eigenvalue weighted by Gasteiger charge is -2.34. The summed E-state index contributed by atoms with van der Waals surface area (Å²) in [5, 5.41) is 0.612. The van der Waals surface area contributed by atoms with Gasteiger partial charge in [-0.3, -0.25) is 9.36 Å². The summed E-state index contributed by atoms with van der Waals surface area (Å²) in [7, 11) is 1.65. The van der Waals surface area contributed by atoms with Gasteiger partial charge in [-0.2, -0.15) is 0 Å². The van der Waals surface area contributed by atoms with Crippen LogP contribution in [0.2, 0.25) is 0 Å². The van der Waals surface area contributed by atoms with Crippen molar-refractivity contribution in [1.29, 1.82) is 0 Å². The molecule has 4 rings (SSSR count). The topological polar surface area (TPSA) is 53.4 Å². The highest BCUT2D eigenvalue weighted by molar-refractivity contribution is 9.10. The number of methoxy groups -OCH3 is 1. The fraction of sp³-hybridized carbons (Fsp3) is 0.280. The molecule has 1 heterocycles. The van der Waals surface area contributed by atoms with Crippen molar-refractivity contribution in [2.24, 2.45) is 0 Å². The highest BCUT2D eigenvalue weighted by Crippen LogP contribution is 2.37. The number of fused-ring (bicyclic) bond motifs is 1. The van der Waals surface area contributed by atoms with Crippen LogP contribution in [-0.2, 0) is 15.9 Å². The van der Waals surface area contributed by atoms with Crippen LogP contribution in [0.4, 0.5) is 0 Å². The van der Waals surface area contributed by atoms with Crippen molar-refractivity contribution in [2.75, 3.05) is 13.7 Å². The molecule has 0 spiro atoms. The fourth-order valence-electron chi connectivity index (χ4n) is 3.88. The van der Waals surface area contributed by atoms with Crippen LogP contribution < -0.4 is 5.56 Å². The van der Waals surface area contributed by atoms with E-state index in [0.717, 1.165) is 17.3 Å². The number of aryl methyl sites for hydroxylation is 1. The highest BCUT2D eigenvalue weighted by Gasteiger charge is 2.36. The Bertz CT molecular complexity index is 1190. The Kier molecular flexibility index (Phi) is 6.39. The van der Waals surface area contributed by atoms with Crippen LogP contribution in [0.1, 0.15) is 19.2 Å². The average Bonchev–Trinajstić information content (AvgIpc) is 2.80. The van der Waals surface area contributed by atoms with E-state index < -0.39 is 4.32 Å². The second kappa shape index (κ2) is 9.20. The second-order valence-corrected chi connectivity index (χ2v) is 8.91. The molecule has 1 aliphatic carbocycles. The number of alkyl halides is 1. The number of benzene rings is 2. The van der Waals surface area contributed by atoms with E-state index in [-0.39, 0.29) is 11.7 Å². The molecule has 31 heavy (non-hydrogen) atoms. The molecule has 0 aliphatic heterocycles. The maximum Gasteiger partial charge on any atom is 0.265 e. The van der Waals surface area contributed by atoms with Gasteiger partial charge in [0, 0.05) is 13.0 Å². The minimum atomic E-state index is -0.421. The molecule has 2 aromatic carbocycles. The van der Waals surface area contributed by atoms with Gasteiger partial charge >= 0.3 is 0 Å². The maximum atomic E-state index is 13.4. The zero-order valence-electron chi connectivity index (χ0n) is 17.6. The maximum absolute atomic E-state index is 13.4. The van der Waals surface area contributed by atoms with Crippen LogP contribution in [0.15, 0.2) is 83.4 Å². The number of aromatic nitrogens is 2. The van der Waals surface area contributed by atoms with Gasteiger partial charge in [-0.25, -0.2) is 4.98 Å². The molecule has 2 unspecified atom stereocenters. The molecule has 2 atom stereocenters.